The zero-order valence-corrected chi connectivity index (χ0v) is 12.0. The molecule has 1 aliphatic rings. The van der Waals surface area contributed by atoms with Gasteiger partial charge in [0.2, 0.25) is 0 Å². The van der Waals surface area contributed by atoms with Gasteiger partial charge in [-0.1, -0.05) is 22.4 Å². The van der Waals surface area contributed by atoms with Crippen molar-refractivity contribution in [3.05, 3.63) is 27.7 Å². The zero-order valence-electron chi connectivity index (χ0n) is 10.4. The highest BCUT2D eigenvalue weighted by molar-refractivity contribution is 9.10. The van der Waals surface area contributed by atoms with Crippen LogP contribution in [0.25, 0.3) is 0 Å². The summed E-state index contributed by atoms with van der Waals surface area (Å²) in [5.74, 6) is 0.870. The number of rotatable bonds is 2. The SMILES string of the molecule is Cc1cc(OC2CCCCC2O)cc(C)c1Br. The van der Waals surface area contributed by atoms with E-state index in [1.54, 1.807) is 0 Å². The Morgan fingerprint density at radius 3 is 2.35 bits per heavy atom. The van der Waals surface area contributed by atoms with Crippen LogP contribution in [0.5, 0.6) is 5.75 Å². The van der Waals surface area contributed by atoms with Gasteiger partial charge >= 0.3 is 0 Å². The van der Waals surface area contributed by atoms with E-state index in [0.29, 0.717) is 0 Å². The summed E-state index contributed by atoms with van der Waals surface area (Å²) >= 11 is 3.55. The van der Waals surface area contributed by atoms with E-state index < -0.39 is 0 Å². The summed E-state index contributed by atoms with van der Waals surface area (Å²) in [4.78, 5) is 0. The van der Waals surface area contributed by atoms with Crippen molar-refractivity contribution < 1.29 is 9.84 Å². The number of aliphatic hydroxyl groups is 1. The minimum Gasteiger partial charge on any atom is -0.488 e. The first-order chi connectivity index (χ1) is 8.08. The van der Waals surface area contributed by atoms with Gasteiger partial charge in [0.05, 0.1) is 6.10 Å². The van der Waals surface area contributed by atoms with Gasteiger partial charge in [-0.2, -0.15) is 0 Å². The van der Waals surface area contributed by atoms with Gasteiger partial charge in [0, 0.05) is 4.47 Å². The molecule has 0 radical (unpaired) electrons. The molecule has 1 N–H and O–H groups in total. The Hall–Kier alpha value is -0.540. The van der Waals surface area contributed by atoms with Crippen LogP contribution in [0.4, 0.5) is 0 Å². The molecule has 2 atom stereocenters. The summed E-state index contributed by atoms with van der Waals surface area (Å²) in [6, 6.07) is 4.05. The van der Waals surface area contributed by atoms with Crippen molar-refractivity contribution in [2.75, 3.05) is 0 Å². The number of hydrogen-bond donors (Lipinski definition) is 1. The van der Waals surface area contributed by atoms with Gasteiger partial charge in [0.15, 0.2) is 0 Å². The number of aryl methyl sites for hydroxylation is 2. The van der Waals surface area contributed by atoms with Gasteiger partial charge in [0.25, 0.3) is 0 Å². The fourth-order valence-electron chi connectivity index (χ4n) is 2.36. The van der Waals surface area contributed by atoms with Crippen molar-refractivity contribution in [3.8, 4) is 5.75 Å². The van der Waals surface area contributed by atoms with E-state index in [1.807, 2.05) is 12.1 Å². The lowest BCUT2D eigenvalue weighted by atomic mass is 9.95. The van der Waals surface area contributed by atoms with Crippen LogP contribution >= 0.6 is 15.9 Å². The van der Waals surface area contributed by atoms with Crippen LogP contribution in [0.1, 0.15) is 36.8 Å². The molecular formula is C14H19BrO2. The molecular weight excluding hydrogens is 280 g/mol. The maximum absolute atomic E-state index is 9.89. The Kier molecular flexibility index (Phi) is 4.10. The molecule has 94 valence electrons. The monoisotopic (exact) mass is 298 g/mol. The number of ether oxygens (including phenoxy) is 1. The molecule has 2 nitrogen and oxygen atoms in total. The minimum atomic E-state index is -0.312. The van der Waals surface area contributed by atoms with Gasteiger partial charge < -0.3 is 9.84 Å². The van der Waals surface area contributed by atoms with Crippen molar-refractivity contribution in [2.24, 2.45) is 0 Å². The molecule has 0 saturated heterocycles. The first kappa shape index (κ1) is 12.9. The Morgan fingerprint density at radius 1 is 1.18 bits per heavy atom. The van der Waals surface area contributed by atoms with Crippen LogP contribution in [0, 0.1) is 13.8 Å². The molecule has 0 aliphatic heterocycles. The Labute approximate surface area is 111 Å². The normalized spacial score (nSPS) is 24.7. The van der Waals surface area contributed by atoms with E-state index >= 15 is 0 Å². The Balaban J connectivity index is 2.12. The molecule has 1 fully saturated rings. The summed E-state index contributed by atoms with van der Waals surface area (Å²) in [6.07, 6.45) is 3.72. The number of aliphatic hydroxyl groups excluding tert-OH is 1. The first-order valence-corrected chi connectivity index (χ1v) is 6.98. The van der Waals surface area contributed by atoms with Crippen molar-refractivity contribution in [1.82, 2.24) is 0 Å². The standard InChI is InChI=1S/C14H19BrO2/c1-9-7-11(8-10(2)14(9)15)17-13-6-4-3-5-12(13)16/h7-8,12-13,16H,3-6H2,1-2H3. The molecule has 2 unspecified atom stereocenters. The summed E-state index contributed by atoms with van der Waals surface area (Å²) in [7, 11) is 0. The quantitative estimate of drug-likeness (QED) is 0.901. The Bertz CT molecular complexity index is 380. The van der Waals surface area contributed by atoms with Gasteiger partial charge in [-0.15, -0.1) is 0 Å². The van der Waals surface area contributed by atoms with Gasteiger partial charge in [-0.3, -0.25) is 0 Å². The second-order valence-corrected chi connectivity index (χ2v) is 5.67. The van der Waals surface area contributed by atoms with E-state index in [9.17, 15) is 5.11 Å². The van der Waals surface area contributed by atoms with Gasteiger partial charge in [0.1, 0.15) is 11.9 Å². The average Bonchev–Trinajstić information content (AvgIpc) is 2.29. The molecule has 0 bridgehead atoms. The Morgan fingerprint density at radius 2 is 1.76 bits per heavy atom. The zero-order chi connectivity index (χ0) is 12.4. The molecule has 1 aliphatic carbocycles. The predicted molar refractivity (Wildman–Crippen MR) is 72.5 cm³/mol. The van der Waals surface area contributed by atoms with E-state index in [1.165, 1.54) is 11.1 Å². The highest BCUT2D eigenvalue weighted by Crippen LogP contribution is 2.29. The number of benzene rings is 1. The second kappa shape index (κ2) is 5.40. The molecule has 1 aromatic carbocycles. The molecule has 3 heteroatoms. The fourth-order valence-corrected chi connectivity index (χ4v) is 2.59. The summed E-state index contributed by atoms with van der Waals surface area (Å²) in [5, 5.41) is 9.89. The smallest absolute Gasteiger partial charge is 0.124 e. The molecule has 17 heavy (non-hydrogen) atoms. The van der Waals surface area contributed by atoms with E-state index in [-0.39, 0.29) is 12.2 Å². The van der Waals surface area contributed by atoms with Crippen LogP contribution in [0.15, 0.2) is 16.6 Å². The predicted octanol–water partition coefficient (Wildman–Crippen LogP) is 3.75. The van der Waals surface area contributed by atoms with Gasteiger partial charge in [-0.25, -0.2) is 0 Å². The highest BCUT2D eigenvalue weighted by Gasteiger charge is 2.24. The van der Waals surface area contributed by atoms with Crippen molar-refractivity contribution in [1.29, 1.82) is 0 Å². The van der Waals surface area contributed by atoms with E-state index in [2.05, 4.69) is 29.8 Å². The molecule has 0 amide bonds. The van der Waals surface area contributed by atoms with Crippen LogP contribution < -0.4 is 4.74 Å². The second-order valence-electron chi connectivity index (χ2n) is 4.88. The van der Waals surface area contributed by atoms with Crippen molar-refractivity contribution in [3.63, 3.8) is 0 Å². The molecule has 0 spiro atoms. The molecule has 1 aromatic rings. The minimum absolute atomic E-state index is 0.0382. The molecule has 1 saturated carbocycles. The number of halogens is 1. The lowest BCUT2D eigenvalue weighted by Crippen LogP contribution is -2.34. The lowest BCUT2D eigenvalue weighted by molar-refractivity contribution is 0.00681. The maximum atomic E-state index is 9.89. The fraction of sp³-hybridized carbons (Fsp3) is 0.571. The summed E-state index contributed by atoms with van der Waals surface area (Å²) < 4.78 is 7.05. The lowest BCUT2D eigenvalue weighted by Gasteiger charge is -2.28. The largest absolute Gasteiger partial charge is 0.488 e. The van der Waals surface area contributed by atoms with Crippen molar-refractivity contribution in [2.45, 2.75) is 51.7 Å². The van der Waals surface area contributed by atoms with E-state index in [4.69, 9.17) is 4.74 Å². The molecule has 0 heterocycles. The van der Waals surface area contributed by atoms with E-state index in [0.717, 1.165) is 35.9 Å². The van der Waals surface area contributed by atoms with Gasteiger partial charge in [-0.05, 0) is 56.4 Å². The third kappa shape index (κ3) is 3.02. The van der Waals surface area contributed by atoms with Crippen LogP contribution in [0.3, 0.4) is 0 Å². The third-order valence-corrected chi connectivity index (χ3v) is 4.62. The van der Waals surface area contributed by atoms with Crippen molar-refractivity contribution >= 4 is 15.9 Å². The topological polar surface area (TPSA) is 29.5 Å². The molecule has 2 rings (SSSR count). The molecule has 0 aromatic heterocycles. The first-order valence-electron chi connectivity index (χ1n) is 6.19. The van der Waals surface area contributed by atoms with Crippen LogP contribution in [-0.4, -0.2) is 17.3 Å². The highest BCUT2D eigenvalue weighted by atomic mass is 79.9. The average molecular weight is 299 g/mol. The summed E-state index contributed by atoms with van der Waals surface area (Å²) in [5.41, 5.74) is 2.34. The third-order valence-electron chi connectivity index (χ3n) is 3.37. The number of hydrogen-bond acceptors (Lipinski definition) is 2. The maximum Gasteiger partial charge on any atom is 0.124 e. The summed E-state index contributed by atoms with van der Waals surface area (Å²) in [6.45, 7) is 4.11. The van der Waals surface area contributed by atoms with Crippen LogP contribution in [0.2, 0.25) is 0 Å². The van der Waals surface area contributed by atoms with Crippen LogP contribution in [-0.2, 0) is 0 Å².